The summed E-state index contributed by atoms with van der Waals surface area (Å²) in [7, 11) is 1.59. The lowest BCUT2D eigenvalue weighted by Gasteiger charge is -2.30. The highest BCUT2D eigenvalue weighted by atomic mass is 19.1. The maximum Gasteiger partial charge on any atom is 0.161 e. The van der Waals surface area contributed by atoms with Crippen molar-refractivity contribution in [3.63, 3.8) is 0 Å². The number of halogens is 1. The molecule has 1 saturated heterocycles. The van der Waals surface area contributed by atoms with Crippen LogP contribution >= 0.6 is 0 Å². The molecule has 2 aromatic carbocycles. The molecular formula is C23H31FN2O4. The minimum atomic E-state index is -0.609. The van der Waals surface area contributed by atoms with Gasteiger partial charge >= 0.3 is 0 Å². The normalized spacial score (nSPS) is 16.4. The van der Waals surface area contributed by atoms with Crippen LogP contribution in [0.15, 0.2) is 42.5 Å². The first-order valence-corrected chi connectivity index (χ1v) is 10.4. The predicted octanol–water partition coefficient (Wildman–Crippen LogP) is 2.32. The van der Waals surface area contributed by atoms with Crippen LogP contribution in [0.3, 0.4) is 0 Å². The first-order valence-electron chi connectivity index (χ1n) is 10.4. The number of nitrogens with one attached hydrogen (secondary N) is 1. The highest BCUT2D eigenvalue weighted by Crippen LogP contribution is 2.28. The van der Waals surface area contributed by atoms with Gasteiger partial charge in [0.15, 0.2) is 11.5 Å². The summed E-state index contributed by atoms with van der Waals surface area (Å²) in [5.41, 5.74) is 2.05. The molecule has 6 nitrogen and oxygen atoms in total. The van der Waals surface area contributed by atoms with Crippen LogP contribution in [0.25, 0.3) is 0 Å². The Morgan fingerprint density at radius 1 is 1.07 bits per heavy atom. The van der Waals surface area contributed by atoms with Gasteiger partial charge in [-0.1, -0.05) is 18.2 Å². The summed E-state index contributed by atoms with van der Waals surface area (Å²) in [6.07, 6.45) is 0.667. The third-order valence-corrected chi connectivity index (χ3v) is 5.26. The summed E-state index contributed by atoms with van der Waals surface area (Å²) in [5, 5.41) is 23.2. The molecule has 0 radical (unpaired) electrons. The fourth-order valence-electron chi connectivity index (χ4n) is 3.53. The Hall–Kier alpha value is -2.19. The van der Waals surface area contributed by atoms with Gasteiger partial charge in [0.25, 0.3) is 0 Å². The molecule has 3 rings (SSSR count). The third-order valence-electron chi connectivity index (χ3n) is 5.26. The van der Waals surface area contributed by atoms with Crippen molar-refractivity contribution in [1.29, 1.82) is 0 Å². The minimum absolute atomic E-state index is 0.178. The summed E-state index contributed by atoms with van der Waals surface area (Å²) in [5.74, 6) is 0.969. The van der Waals surface area contributed by atoms with Crippen molar-refractivity contribution in [2.45, 2.75) is 38.1 Å². The minimum Gasteiger partial charge on any atom is -0.493 e. The molecular weight excluding hydrogens is 387 g/mol. The van der Waals surface area contributed by atoms with Crippen LogP contribution in [-0.4, -0.2) is 60.7 Å². The monoisotopic (exact) mass is 418 g/mol. The second kappa shape index (κ2) is 11.3. The molecule has 0 bridgehead atoms. The number of benzene rings is 2. The van der Waals surface area contributed by atoms with E-state index in [0.29, 0.717) is 31.1 Å². The Morgan fingerprint density at radius 2 is 1.73 bits per heavy atom. The number of likely N-dealkylation sites (tertiary alicyclic amines) is 1. The number of nitrogens with zero attached hydrogens (tertiary/aromatic N) is 1. The molecule has 164 valence electrons. The van der Waals surface area contributed by atoms with Crippen molar-refractivity contribution < 1.29 is 24.1 Å². The molecule has 1 atom stereocenters. The number of hydrogen-bond acceptors (Lipinski definition) is 6. The lowest BCUT2D eigenvalue weighted by Crippen LogP contribution is -2.41. The third kappa shape index (κ3) is 6.95. The average Bonchev–Trinajstić information content (AvgIpc) is 2.75. The van der Waals surface area contributed by atoms with Gasteiger partial charge in [-0.2, -0.15) is 0 Å². The molecule has 30 heavy (non-hydrogen) atoms. The number of hydrogen-bond donors (Lipinski definition) is 3. The summed E-state index contributed by atoms with van der Waals surface area (Å²) in [4.78, 5) is 2.15. The molecule has 0 saturated carbocycles. The standard InChI is InChI=1S/C23H31FN2O4/c1-29-23-12-18(14-25-13-17-2-5-19(24)6-3-17)4-7-22(23)30-16-21(28)15-26-10-8-20(27)9-11-26/h2-7,12,20-21,25,27-28H,8-11,13-16H2,1H3. The van der Waals surface area contributed by atoms with Gasteiger partial charge in [-0.15, -0.1) is 0 Å². The lowest BCUT2D eigenvalue weighted by molar-refractivity contribution is 0.0333. The fraction of sp³-hybridized carbons (Fsp3) is 0.478. The lowest BCUT2D eigenvalue weighted by atomic mass is 10.1. The maximum atomic E-state index is 13.0. The van der Waals surface area contributed by atoms with Crippen LogP contribution in [0.5, 0.6) is 11.5 Å². The molecule has 0 aromatic heterocycles. The van der Waals surface area contributed by atoms with Crippen molar-refractivity contribution >= 4 is 0 Å². The SMILES string of the molecule is COc1cc(CNCc2ccc(F)cc2)ccc1OCC(O)CN1CCC(O)CC1. The van der Waals surface area contributed by atoms with Gasteiger partial charge in [0, 0.05) is 32.7 Å². The molecule has 1 fully saturated rings. The molecule has 3 N–H and O–H groups in total. The van der Waals surface area contributed by atoms with Gasteiger partial charge < -0.3 is 29.9 Å². The van der Waals surface area contributed by atoms with Gasteiger partial charge in [-0.25, -0.2) is 4.39 Å². The van der Waals surface area contributed by atoms with Crippen LogP contribution in [-0.2, 0) is 13.1 Å². The van der Waals surface area contributed by atoms with Crippen LogP contribution in [0.4, 0.5) is 4.39 Å². The Kier molecular flexibility index (Phi) is 8.45. The first-order chi connectivity index (χ1) is 14.5. The van der Waals surface area contributed by atoms with Gasteiger partial charge in [-0.3, -0.25) is 0 Å². The number of ether oxygens (including phenoxy) is 2. The molecule has 1 aliphatic rings. The second-order valence-corrected chi connectivity index (χ2v) is 7.71. The summed E-state index contributed by atoms with van der Waals surface area (Å²) in [6.45, 7) is 3.57. The summed E-state index contributed by atoms with van der Waals surface area (Å²) < 4.78 is 24.2. The van der Waals surface area contributed by atoms with Crippen LogP contribution in [0, 0.1) is 5.82 Å². The molecule has 1 heterocycles. The summed E-state index contributed by atoms with van der Waals surface area (Å²) in [6, 6.07) is 12.1. The number of aliphatic hydroxyl groups excluding tert-OH is 2. The van der Waals surface area contributed by atoms with E-state index in [1.54, 1.807) is 19.2 Å². The van der Waals surface area contributed by atoms with Gasteiger partial charge in [-0.05, 0) is 48.2 Å². The molecule has 0 aliphatic carbocycles. The molecule has 2 aromatic rings. The average molecular weight is 419 g/mol. The zero-order chi connectivity index (χ0) is 21.3. The number of piperidine rings is 1. The van der Waals surface area contributed by atoms with E-state index in [4.69, 9.17) is 9.47 Å². The van der Waals surface area contributed by atoms with Crippen molar-refractivity contribution in [2.75, 3.05) is 33.4 Å². The van der Waals surface area contributed by atoms with E-state index in [2.05, 4.69) is 10.2 Å². The Labute approximate surface area is 177 Å². The van der Waals surface area contributed by atoms with E-state index < -0.39 is 6.10 Å². The highest BCUT2D eigenvalue weighted by Gasteiger charge is 2.20. The maximum absolute atomic E-state index is 13.0. The fourth-order valence-corrected chi connectivity index (χ4v) is 3.53. The Balaban J connectivity index is 1.45. The molecule has 1 aliphatic heterocycles. The summed E-state index contributed by atoms with van der Waals surface area (Å²) >= 11 is 0. The number of rotatable bonds is 10. The van der Waals surface area contributed by atoms with Crippen molar-refractivity contribution in [3.05, 3.63) is 59.4 Å². The van der Waals surface area contributed by atoms with E-state index in [1.165, 1.54) is 12.1 Å². The van der Waals surface area contributed by atoms with Crippen LogP contribution in [0.1, 0.15) is 24.0 Å². The van der Waals surface area contributed by atoms with Crippen molar-refractivity contribution in [3.8, 4) is 11.5 Å². The number of methoxy groups -OCH3 is 1. The zero-order valence-electron chi connectivity index (χ0n) is 17.4. The van der Waals surface area contributed by atoms with Crippen LogP contribution < -0.4 is 14.8 Å². The first kappa shape index (κ1) is 22.5. The van der Waals surface area contributed by atoms with Crippen molar-refractivity contribution in [2.24, 2.45) is 0 Å². The second-order valence-electron chi connectivity index (χ2n) is 7.71. The van der Waals surface area contributed by atoms with E-state index in [0.717, 1.165) is 37.1 Å². The number of β-amino-alcohol motifs (C(OH)–C–C–N with tert-alkyl or cyclic N) is 1. The van der Waals surface area contributed by atoms with Crippen molar-refractivity contribution in [1.82, 2.24) is 10.2 Å². The van der Waals surface area contributed by atoms with E-state index in [-0.39, 0.29) is 18.5 Å². The Morgan fingerprint density at radius 3 is 2.43 bits per heavy atom. The molecule has 1 unspecified atom stereocenters. The van der Waals surface area contributed by atoms with Gasteiger partial charge in [0.05, 0.1) is 13.2 Å². The van der Waals surface area contributed by atoms with Crippen LogP contribution in [0.2, 0.25) is 0 Å². The highest BCUT2D eigenvalue weighted by molar-refractivity contribution is 5.43. The van der Waals surface area contributed by atoms with Gasteiger partial charge in [0.1, 0.15) is 18.5 Å². The quantitative estimate of drug-likeness (QED) is 0.550. The largest absolute Gasteiger partial charge is 0.493 e. The topological polar surface area (TPSA) is 74.2 Å². The van der Waals surface area contributed by atoms with E-state index in [1.807, 2.05) is 18.2 Å². The smallest absolute Gasteiger partial charge is 0.161 e. The Bertz CT molecular complexity index is 779. The molecule has 7 heteroatoms. The molecule has 0 amide bonds. The zero-order valence-corrected chi connectivity index (χ0v) is 17.4. The van der Waals surface area contributed by atoms with E-state index >= 15 is 0 Å². The van der Waals surface area contributed by atoms with Gasteiger partial charge in [0.2, 0.25) is 0 Å². The predicted molar refractivity (Wildman–Crippen MR) is 113 cm³/mol. The molecule has 0 spiro atoms. The van der Waals surface area contributed by atoms with E-state index in [9.17, 15) is 14.6 Å². The number of aliphatic hydroxyl groups is 2.